The Kier molecular flexibility index (Phi) is 6.08. The summed E-state index contributed by atoms with van der Waals surface area (Å²) < 4.78 is 0. The second kappa shape index (κ2) is 8.68. The van der Waals surface area contributed by atoms with Crippen LogP contribution in [0.3, 0.4) is 0 Å². The average Bonchev–Trinajstić information content (AvgIpc) is 2.61. The smallest absolute Gasteiger partial charge is 0.225 e. The Hall–Kier alpha value is -2.59. The average molecular weight is 367 g/mol. The van der Waals surface area contributed by atoms with Gasteiger partial charge < -0.3 is 10.6 Å². The van der Waals surface area contributed by atoms with Gasteiger partial charge in [0.25, 0.3) is 0 Å². The lowest BCUT2D eigenvalue weighted by molar-refractivity contribution is 0.981. The molecule has 0 aliphatic rings. The maximum atomic E-state index is 6.03. The summed E-state index contributed by atoms with van der Waals surface area (Å²) in [5, 5.41) is 7.43. The molecule has 3 aromatic rings. The molecule has 0 radical (unpaired) electrons. The summed E-state index contributed by atoms with van der Waals surface area (Å²) in [4.78, 5) is 9.02. The molecule has 0 fully saturated rings. The molecule has 0 amide bonds. The van der Waals surface area contributed by atoms with Crippen molar-refractivity contribution in [3.63, 3.8) is 0 Å². The van der Waals surface area contributed by atoms with Gasteiger partial charge in [-0.05, 0) is 43.5 Å². The molecule has 1 heterocycles. The van der Waals surface area contributed by atoms with E-state index in [9.17, 15) is 0 Å². The van der Waals surface area contributed by atoms with Crippen molar-refractivity contribution < 1.29 is 0 Å². The highest BCUT2D eigenvalue weighted by molar-refractivity contribution is 6.30. The Balaban J connectivity index is 1.57. The van der Waals surface area contributed by atoms with Crippen molar-refractivity contribution in [1.82, 2.24) is 9.97 Å². The van der Waals surface area contributed by atoms with Crippen LogP contribution >= 0.6 is 11.6 Å². The highest BCUT2D eigenvalue weighted by Gasteiger charge is 2.03. The molecule has 134 valence electrons. The van der Waals surface area contributed by atoms with Gasteiger partial charge in [0.05, 0.1) is 0 Å². The Morgan fingerprint density at radius 2 is 1.69 bits per heavy atom. The molecule has 0 unspecified atom stereocenters. The molecular weight excluding hydrogens is 344 g/mol. The molecule has 2 N–H and O–H groups in total. The summed E-state index contributed by atoms with van der Waals surface area (Å²) in [6, 6.07) is 18.3. The van der Waals surface area contributed by atoms with E-state index in [1.165, 1.54) is 16.7 Å². The number of aromatic nitrogens is 2. The lowest BCUT2D eigenvalue weighted by Crippen LogP contribution is -2.10. The first-order valence-corrected chi connectivity index (χ1v) is 9.10. The molecule has 0 spiro atoms. The first-order chi connectivity index (χ1) is 12.6. The predicted octanol–water partition coefficient (Wildman–Crippen LogP) is 5.01. The van der Waals surface area contributed by atoms with E-state index in [-0.39, 0.29) is 0 Å². The molecule has 2 aromatic carbocycles. The quantitative estimate of drug-likeness (QED) is 0.616. The molecule has 0 saturated carbocycles. The Morgan fingerprint density at radius 1 is 0.885 bits per heavy atom. The zero-order valence-electron chi connectivity index (χ0n) is 15.1. The molecular formula is C21H23ClN4. The minimum Gasteiger partial charge on any atom is -0.370 e. The van der Waals surface area contributed by atoms with Crippen LogP contribution in [0.5, 0.6) is 0 Å². The molecule has 0 atom stereocenters. The number of anilines is 2. The molecule has 5 heteroatoms. The molecule has 0 saturated heterocycles. The highest BCUT2D eigenvalue weighted by atomic mass is 35.5. The first kappa shape index (κ1) is 18.2. The van der Waals surface area contributed by atoms with Gasteiger partial charge in [-0.25, -0.2) is 4.98 Å². The molecule has 0 aliphatic heterocycles. The van der Waals surface area contributed by atoms with Crippen molar-refractivity contribution in [2.45, 2.75) is 26.8 Å². The number of nitrogens with one attached hydrogen (secondary N) is 2. The normalized spacial score (nSPS) is 10.6. The minimum absolute atomic E-state index is 0.635. The van der Waals surface area contributed by atoms with Crippen molar-refractivity contribution >= 4 is 23.4 Å². The third-order valence-electron chi connectivity index (χ3n) is 4.03. The zero-order chi connectivity index (χ0) is 18.4. The molecule has 26 heavy (non-hydrogen) atoms. The Bertz CT molecular complexity index is 862. The maximum Gasteiger partial charge on any atom is 0.225 e. The van der Waals surface area contributed by atoms with E-state index in [0.29, 0.717) is 12.5 Å². The number of hydrogen-bond donors (Lipinski definition) is 2. The Labute approximate surface area is 159 Å². The number of hydrogen-bond acceptors (Lipinski definition) is 4. The summed E-state index contributed by atoms with van der Waals surface area (Å²) in [6.07, 6.45) is 0.885. The number of halogens is 1. The van der Waals surface area contributed by atoms with Gasteiger partial charge in [-0.15, -0.1) is 0 Å². The molecule has 0 bridgehead atoms. The molecule has 3 rings (SSSR count). The van der Waals surface area contributed by atoms with Crippen molar-refractivity contribution in [2.75, 3.05) is 17.2 Å². The fraction of sp³-hybridized carbons (Fsp3) is 0.238. The van der Waals surface area contributed by atoms with Crippen molar-refractivity contribution in [2.24, 2.45) is 0 Å². The summed E-state index contributed by atoms with van der Waals surface area (Å²) in [6.45, 7) is 5.54. The summed E-state index contributed by atoms with van der Waals surface area (Å²) in [5.41, 5.74) is 4.59. The first-order valence-electron chi connectivity index (χ1n) is 8.72. The van der Waals surface area contributed by atoms with Gasteiger partial charge in [0.15, 0.2) is 0 Å². The van der Waals surface area contributed by atoms with E-state index in [1.807, 2.05) is 31.2 Å². The number of rotatable bonds is 7. The van der Waals surface area contributed by atoms with Crippen LogP contribution in [-0.2, 0) is 13.0 Å². The number of nitrogens with zero attached hydrogens (tertiary/aromatic N) is 2. The van der Waals surface area contributed by atoms with Crippen LogP contribution in [0.15, 0.2) is 54.6 Å². The van der Waals surface area contributed by atoms with Gasteiger partial charge in [-0.3, -0.25) is 0 Å². The van der Waals surface area contributed by atoms with Crippen molar-refractivity contribution in [3.8, 4) is 0 Å². The number of aryl methyl sites for hydroxylation is 2. The van der Waals surface area contributed by atoms with Crippen LogP contribution in [0.1, 0.15) is 22.4 Å². The monoisotopic (exact) mass is 366 g/mol. The van der Waals surface area contributed by atoms with Crippen molar-refractivity contribution in [1.29, 1.82) is 0 Å². The summed E-state index contributed by atoms with van der Waals surface area (Å²) in [5.74, 6) is 1.46. The van der Waals surface area contributed by atoms with Crippen LogP contribution in [0, 0.1) is 13.8 Å². The van der Waals surface area contributed by atoms with Gasteiger partial charge in [-0.2, -0.15) is 4.98 Å². The Morgan fingerprint density at radius 3 is 2.46 bits per heavy atom. The zero-order valence-corrected chi connectivity index (χ0v) is 15.8. The van der Waals surface area contributed by atoms with Gasteiger partial charge in [0.1, 0.15) is 5.82 Å². The second-order valence-corrected chi connectivity index (χ2v) is 6.80. The largest absolute Gasteiger partial charge is 0.370 e. The molecule has 1 aromatic heterocycles. The SMILES string of the molecule is Cc1ccc(CNc2nc(C)cc(NCCc3cccc(Cl)c3)n2)cc1. The fourth-order valence-electron chi connectivity index (χ4n) is 2.65. The van der Waals surface area contributed by atoms with Gasteiger partial charge in [0.2, 0.25) is 5.95 Å². The highest BCUT2D eigenvalue weighted by Crippen LogP contribution is 2.13. The van der Waals surface area contributed by atoms with E-state index in [1.54, 1.807) is 0 Å². The summed E-state index contributed by atoms with van der Waals surface area (Å²) in [7, 11) is 0. The van der Waals surface area contributed by atoms with Crippen LogP contribution in [-0.4, -0.2) is 16.5 Å². The van der Waals surface area contributed by atoms with Crippen LogP contribution < -0.4 is 10.6 Å². The van der Waals surface area contributed by atoms with Crippen molar-refractivity contribution in [3.05, 3.63) is 82.0 Å². The van der Waals surface area contributed by atoms with Gasteiger partial charge in [0, 0.05) is 29.9 Å². The van der Waals surface area contributed by atoms with E-state index < -0.39 is 0 Å². The van der Waals surface area contributed by atoms with Crippen LogP contribution in [0.2, 0.25) is 5.02 Å². The standard InChI is InChI=1S/C21H23ClN4/c1-15-6-8-18(9-7-15)14-24-21-25-16(2)12-20(26-21)23-11-10-17-4-3-5-19(22)13-17/h3-9,12-13H,10-11,14H2,1-2H3,(H2,23,24,25,26). The van der Waals surface area contributed by atoms with Crippen LogP contribution in [0.4, 0.5) is 11.8 Å². The van der Waals surface area contributed by atoms with E-state index in [0.717, 1.165) is 29.5 Å². The topological polar surface area (TPSA) is 49.8 Å². The fourth-order valence-corrected chi connectivity index (χ4v) is 2.87. The lowest BCUT2D eigenvalue weighted by Gasteiger charge is -2.10. The third kappa shape index (κ3) is 5.46. The second-order valence-electron chi connectivity index (χ2n) is 6.36. The maximum absolute atomic E-state index is 6.03. The summed E-state index contributed by atoms with van der Waals surface area (Å²) >= 11 is 6.03. The van der Waals surface area contributed by atoms with Crippen LogP contribution in [0.25, 0.3) is 0 Å². The van der Waals surface area contributed by atoms with Gasteiger partial charge >= 0.3 is 0 Å². The van der Waals surface area contributed by atoms with E-state index in [2.05, 4.69) is 57.9 Å². The van der Waals surface area contributed by atoms with Gasteiger partial charge in [-0.1, -0.05) is 53.6 Å². The lowest BCUT2D eigenvalue weighted by atomic mass is 10.1. The predicted molar refractivity (Wildman–Crippen MR) is 109 cm³/mol. The third-order valence-corrected chi connectivity index (χ3v) is 4.27. The molecule has 4 nitrogen and oxygen atoms in total. The number of benzene rings is 2. The van der Waals surface area contributed by atoms with E-state index in [4.69, 9.17) is 11.6 Å². The minimum atomic E-state index is 0.635. The van der Waals surface area contributed by atoms with E-state index >= 15 is 0 Å². The molecule has 0 aliphatic carbocycles.